The third-order valence-electron chi connectivity index (χ3n) is 3.21. The van der Waals surface area contributed by atoms with Gasteiger partial charge in [-0.2, -0.15) is 0 Å². The van der Waals surface area contributed by atoms with Crippen LogP contribution in [-0.4, -0.2) is 31.6 Å². The molecule has 0 saturated carbocycles. The average Bonchev–Trinajstić information content (AvgIpc) is 2.59. The summed E-state index contributed by atoms with van der Waals surface area (Å²) in [6.07, 6.45) is -0.651. The smallest absolute Gasteiger partial charge is 0.265 e. The van der Waals surface area contributed by atoms with Crippen molar-refractivity contribution in [1.29, 1.82) is 0 Å². The third-order valence-corrected chi connectivity index (χ3v) is 3.74. The minimum atomic E-state index is -0.651. The zero-order valence-corrected chi connectivity index (χ0v) is 15.5. The minimum Gasteiger partial charge on any atom is -0.481 e. The lowest BCUT2D eigenvalue weighted by atomic mass is 10.2. The van der Waals surface area contributed by atoms with Gasteiger partial charge >= 0.3 is 0 Å². The van der Waals surface area contributed by atoms with Gasteiger partial charge in [0.2, 0.25) is 5.91 Å². The van der Waals surface area contributed by atoms with E-state index in [-0.39, 0.29) is 18.4 Å². The van der Waals surface area contributed by atoms with E-state index in [9.17, 15) is 9.59 Å². The average molecular weight is 407 g/mol. The van der Waals surface area contributed by atoms with E-state index in [0.717, 1.165) is 4.47 Å². The zero-order chi connectivity index (χ0) is 18.2. The maximum Gasteiger partial charge on any atom is 0.265 e. The maximum atomic E-state index is 12.2. The number of carbonyl (C=O) groups is 2. The molecule has 0 aliphatic rings. The van der Waals surface area contributed by atoms with E-state index in [4.69, 9.17) is 9.47 Å². The molecular formula is C18H19BrN2O4. The van der Waals surface area contributed by atoms with Gasteiger partial charge in [0.25, 0.3) is 5.91 Å². The van der Waals surface area contributed by atoms with E-state index >= 15 is 0 Å². The molecule has 25 heavy (non-hydrogen) atoms. The monoisotopic (exact) mass is 406 g/mol. The topological polar surface area (TPSA) is 76.7 Å². The highest BCUT2D eigenvalue weighted by molar-refractivity contribution is 9.10. The Balaban J connectivity index is 1.88. The summed E-state index contributed by atoms with van der Waals surface area (Å²) in [7, 11) is 1.45. The first-order valence-corrected chi connectivity index (χ1v) is 8.39. The van der Waals surface area contributed by atoms with Crippen molar-refractivity contribution in [2.45, 2.75) is 13.0 Å². The fourth-order valence-corrected chi connectivity index (χ4v) is 2.24. The summed E-state index contributed by atoms with van der Waals surface area (Å²) in [5.41, 5.74) is 1.24. The molecule has 0 heterocycles. The predicted octanol–water partition coefficient (Wildman–Crippen LogP) is 3.44. The number of hydrogen-bond acceptors (Lipinski definition) is 4. The molecule has 0 spiro atoms. The van der Waals surface area contributed by atoms with Crippen LogP contribution in [-0.2, 0) is 14.3 Å². The summed E-state index contributed by atoms with van der Waals surface area (Å²) in [6, 6.07) is 14.1. The molecule has 2 N–H and O–H groups in total. The molecule has 6 nitrogen and oxygen atoms in total. The van der Waals surface area contributed by atoms with E-state index in [2.05, 4.69) is 26.6 Å². The number of hydrogen-bond donors (Lipinski definition) is 2. The molecule has 2 amide bonds. The molecule has 132 valence electrons. The van der Waals surface area contributed by atoms with Crippen LogP contribution in [0, 0.1) is 0 Å². The molecule has 2 rings (SSSR count). The number of ether oxygens (including phenoxy) is 2. The number of halogens is 1. The molecule has 2 aromatic rings. The van der Waals surface area contributed by atoms with Crippen LogP contribution in [0.25, 0.3) is 0 Å². The first-order chi connectivity index (χ1) is 12.0. The summed E-state index contributed by atoms with van der Waals surface area (Å²) in [6.45, 7) is 1.67. The molecule has 0 saturated heterocycles. The Kier molecular flexibility index (Phi) is 6.97. The second kappa shape index (κ2) is 9.19. The molecule has 0 fully saturated rings. The van der Waals surface area contributed by atoms with Crippen molar-refractivity contribution >= 4 is 39.1 Å². The maximum absolute atomic E-state index is 12.2. The van der Waals surface area contributed by atoms with Crippen LogP contribution < -0.4 is 15.4 Å². The van der Waals surface area contributed by atoms with Crippen molar-refractivity contribution in [2.24, 2.45) is 0 Å². The molecule has 0 aliphatic carbocycles. The van der Waals surface area contributed by atoms with E-state index in [1.807, 2.05) is 12.1 Å². The summed E-state index contributed by atoms with van der Waals surface area (Å²) >= 11 is 3.35. The number of anilines is 2. The minimum absolute atomic E-state index is 0.0105. The van der Waals surface area contributed by atoms with Crippen LogP contribution in [0.15, 0.2) is 53.0 Å². The second-order valence-corrected chi connectivity index (χ2v) is 6.18. The number of amides is 2. The normalized spacial score (nSPS) is 11.5. The first kappa shape index (κ1) is 19.0. The number of nitrogens with one attached hydrogen (secondary N) is 2. The van der Waals surface area contributed by atoms with Gasteiger partial charge in [-0.05, 0) is 55.5 Å². The Hall–Kier alpha value is -2.38. The lowest BCUT2D eigenvalue weighted by molar-refractivity contribution is -0.122. The lowest BCUT2D eigenvalue weighted by Gasteiger charge is -2.15. The summed E-state index contributed by atoms with van der Waals surface area (Å²) in [5.74, 6) is 0.108. The summed E-state index contributed by atoms with van der Waals surface area (Å²) in [4.78, 5) is 23.6. The molecule has 0 radical (unpaired) electrons. The van der Waals surface area contributed by atoms with Crippen LogP contribution in [0.2, 0.25) is 0 Å². The number of carbonyl (C=O) groups excluding carboxylic acids is 2. The molecule has 1 atom stereocenters. The molecular weight excluding hydrogens is 388 g/mol. The highest BCUT2D eigenvalue weighted by Gasteiger charge is 2.15. The first-order valence-electron chi connectivity index (χ1n) is 7.60. The molecule has 2 aromatic carbocycles. The Morgan fingerprint density at radius 3 is 2.12 bits per heavy atom. The molecule has 0 aromatic heterocycles. The quantitative estimate of drug-likeness (QED) is 0.738. The Morgan fingerprint density at radius 1 is 1.00 bits per heavy atom. The number of rotatable bonds is 7. The summed E-state index contributed by atoms with van der Waals surface area (Å²) < 4.78 is 11.3. The fraction of sp³-hybridized carbons (Fsp3) is 0.222. The van der Waals surface area contributed by atoms with Crippen LogP contribution in [0.1, 0.15) is 6.92 Å². The highest BCUT2D eigenvalue weighted by atomic mass is 79.9. The zero-order valence-electron chi connectivity index (χ0n) is 13.9. The largest absolute Gasteiger partial charge is 0.481 e. The summed E-state index contributed by atoms with van der Waals surface area (Å²) in [5, 5.41) is 5.45. The van der Waals surface area contributed by atoms with Crippen molar-refractivity contribution < 1.29 is 19.1 Å². The van der Waals surface area contributed by atoms with E-state index < -0.39 is 6.10 Å². The molecule has 1 unspecified atom stereocenters. The van der Waals surface area contributed by atoms with E-state index in [0.29, 0.717) is 17.1 Å². The van der Waals surface area contributed by atoms with E-state index in [1.165, 1.54) is 7.11 Å². The van der Waals surface area contributed by atoms with Crippen LogP contribution >= 0.6 is 15.9 Å². The van der Waals surface area contributed by atoms with Crippen LogP contribution in [0.5, 0.6) is 5.75 Å². The van der Waals surface area contributed by atoms with Crippen molar-refractivity contribution in [2.75, 3.05) is 24.4 Å². The predicted molar refractivity (Wildman–Crippen MR) is 99.8 cm³/mol. The Bertz CT molecular complexity index is 717. The third kappa shape index (κ3) is 6.21. The van der Waals surface area contributed by atoms with Gasteiger partial charge in [-0.1, -0.05) is 15.9 Å². The fourth-order valence-electron chi connectivity index (χ4n) is 1.98. The van der Waals surface area contributed by atoms with Crippen molar-refractivity contribution in [3.8, 4) is 5.75 Å². The van der Waals surface area contributed by atoms with Crippen LogP contribution in [0.3, 0.4) is 0 Å². The van der Waals surface area contributed by atoms with Gasteiger partial charge in [0, 0.05) is 23.0 Å². The van der Waals surface area contributed by atoms with Crippen LogP contribution in [0.4, 0.5) is 11.4 Å². The van der Waals surface area contributed by atoms with Gasteiger partial charge in [-0.25, -0.2) is 0 Å². The second-order valence-electron chi connectivity index (χ2n) is 5.26. The lowest BCUT2D eigenvalue weighted by Crippen LogP contribution is -2.30. The van der Waals surface area contributed by atoms with E-state index in [1.54, 1.807) is 43.3 Å². The van der Waals surface area contributed by atoms with Gasteiger partial charge in [0.1, 0.15) is 12.4 Å². The molecule has 0 aliphatic heterocycles. The van der Waals surface area contributed by atoms with Gasteiger partial charge in [-0.15, -0.1) is 0 Å². The van der Waals surface area contributed by atoms with Crippen molar-refractivity contribution in [3.63, 3.8) is 0 Å². The van der Waals surface area contributed by atoms with Gasteiger partial charge in [0.05, 0.1) is 0 Å². The molecule has 0 bridgehead atoms. The standard InChI is InChI=1S/C18H19BrN2O4/c1-12(25-16-9-3-13(19)4-10-16)18(23)21-15-7-5-14(6-8-15)20-17(22)11-24-2/h3-10,12H,11H2,1-2H3,(H,20,22)(H,21,23). The number of methoxy groups -OCH3 is 1. The highest BCUT2D eigenvalue weighted by Crippen LogP contribution is 2.18. The SMILES string of the molecule is COCC(=O)Nc1ccc(NC(=O)C(C)Oc2ccc(Br)cc2)cc1. The van der Waals surface area contributed by atoms with Crippen molar-refractivity contribution in [1.82, 2.24) is 0 Å². The Labute approximate surface area is 154 Å². The Morgan fingerprint density at radius 2 is 1.56 bits per heavy atom. The van der Waals surface area contributed by atoms with Crippen molar-refractivity contribution in [3.05, 3.63) is 53.0 Å². The van der Waals surface area contributed by atoms with Gasteiger partial charge in [0.15, 0.2) is 6.10 Å². The van der Waals surface area contributed by atoms with Gasteiger partial charge in [-0.3, -0.25) is 9.59 Å². The number of benzene rings is 2. The molecule has 7 heteroatoms. The van der Waals surface area contributed by atoms with Gasteiger partial charge < -0.3 is 20.1 Å².